The molecule has 0 aromatic carbocycles. The minimum atomic E-state index is -3.75. The van der Waals surface area contributed by atoms with Crippen molar-refractivity contribution in [3.8, 4) is 0 Å². The Bertz CT molecular complexity index is 805. The molecule has 0 amide bonds. The Hall–Kier alpha value is -2.23. The molecule has 24 heavy (non-hydrogen) atoms. The van der Waals surface area contributed by atoms with Crippen LogP contribution in [-0.2, 0) is 26.3 Å². The molecular formula is C14H18N4O5S. The lowest BCUT2D eigenvalue weighted by Crippen LogP contribution is -2.29. The van der Waals surface area contributed by atoms with Crippen molar-refractivity contribution in [2.24, 2.45) is 4.40 Å². The van der Waals surface area contributed by atoms with Gasteiger partial charge in [0.1, 0.15) is 0 Å². The molecule has 1 saturated carbocycles. The summed E-state index contributed by atoms with van der Waals surface area (Å²) in [7, 11) is -2.46. The fourth-order valence-electron chi connectivity index (χ4n) is 2.70. The smallest absolute Gasteiger partial charge is 0.344 e. The van der Waals surface area contributed by atoms with Crippen LogP contribution in [0.2, 0.25) is 0 Å². The molecule has 130 valence electrons. The number of nitrogens with zero attached hydrogens (tertiary/aromatic N) is 4. The van der Waals surface area contributed by atoms with Crippen LogP contribution in [0.1, 0.15) is 50.2 Å². The van der Waals surface area contributed by atoms with Gasteiger partial charge in [0.2, 0.25) is 11.7 Å². The molecule has 3 rings (SSSR count). The highest BCUT2D eigenvalue weighted by Crippen LogP contribution is 2.32. The van der Waals surface area contributed by atoms with Gasteiger partial charge >= 0.3 is 16.2 Å². The molecule has 0 atom stereocenters. The maximum Gasteiger partial charge on any atom is 0.344 e. The zero-order chi connectivity index (χ0) is 17.3. The highest BCUT2D eigenvalue weighted by Gasteiger charge is 2.27. The van der Waals surface area contributed by atoms with Crippen molar-refractivity contribution in [1.82, 2.24) is 14.4 Å². The maximum atomic E-state index is 12.1. The van der Waals surface area contributed by atoms with E-state index in [-0.39, 0.29) is 29.6 Å². The predicted octanol–water partition coefficient (Wildman–Crippen LogP) is 1.31. The zero-order valence-electron chi connectivity index (χ0n) is 13.4. The van der Waals surface area contributed by atoms with Gasteiger partial charge in [-0.2, -0.15) is 13.4 Å². The number of ether oxygens (including phenoxy) is 1. The topological polar surface area (TPSA) is 115 Å². The van der Waals surface area contributed by atoms with Crippen molar-refractivity contribution in [3.63, 3.8) is 0 Å². The van der Waals surface area contributed by atoms with Crippen molar-refractivity contribution in [1.29, 1.82) is 0 Å². The molecule has 1 aliphatic carbocycles. The van der Waals surface area contributed by atoms with E-state index in [0.717, 1.165) is 30.0 Å². The molecule has 0 unspecified atom stereocenters. The van der Waals surface area contributed by atoms with Gasteiger partial charge in [0.05, 0.1) is 11.3 Å². The average Bonchev–Trinajstić information content (AvgIpc) is 3.18. The Morgan fingerprint density at radius 1 is 1.42 bits per heavy atom. The summed E-state index contributed by atoms with van der Waals surface area (Å²) in [5.41, 5.74) is 0.157. The standard InChI is InChI=1S/C14H18N4O5S/c1-9-11(7-18(2)24(20,21)17-9)14(19)22-8-12-15-13(23-16-12)10-5-3-4-6-10/h7,10H,3-6,8H2,1-2H3. The molecule has 10 heteroatoms. The summed E-state index contributed by atoms with van der Waals surface area (Å²) < 4.78 is 37.9. The van der Waals surface area contributed by atoms with E-state index in [0.29, 0.717) is 5.89 Å². The first-order chi connectivity index (χ1) is 11.4. The van der Waals surface area contributed by atoms with Crippen molar-refractivity contribution in [2.45, 2.75) is 45.1 Å². The first-order valence-electron chi connectivity index (χ1n) is 7.63. The third kappa shape index (κ3) is 3.32. The fourth-order valence-corrected chi connectivity index (χ4v) is 3.51. The summed E-state index contributed by atoms with van der Waals surface area (Å²) in [5.74, 6) is 0.470. The Balaban J connectivity index is 1.63. The normalized spacial score (nSPS) is 20.7. The summed E-state index contributed by atoms with van der Waals surface area (Å²) >= 11 is 0. The second kappa shape index (κ2) is 6.34. The van der Waals surface area contributed by atoms with Gasteiger partial charge in [-0.3, -0.25) is 4.31 Å². The van der Waals surface area contributed by atoms with Crippen molar-refractivity contribution >= 4 is 21.9 Å². The SMILES string of the molecule is CC1=NS(=O)(=O)N(C)C=C1C(=O)OCc1noc(C2CCCC2)n1. The molecule has 1 fully saturated rings. The molecule has 2 aliphatic rings. The molecule has 0 saturated heterocycles. The lowest BCUT2D eigenvalue weighted by Gasteiger charge is -2.18. The minimum Gasteiger partial charge on any atom is -0.454 e. The van der Waals surface area contributed by atoms with Gasteiger partial charge in [0.25, 0.3) is 0 Å². The zero-order valence-corrected chi connectivity index (χ0v) is 14.2. The first-order valence-corrected chi connectivity index (χ1v) is 9.03. The highest BCUT2D eigenvalue weighted by atomic mass is 32.2. The molecule has 0 N–H and O–H groups in total. The fraction of sp³-hybridized carbons (Fsp3) is 0.571. The van der Waals surface area contributed by atoms with E-state index in [4.69, 9.17) is 9.26 Å². The van der Waals surface area contributed by atoms with Crippen LogP contribution >= 0.6 is 0 Å². The Morgan fingerprint density at radius 3 is 2.83 bits per heavy atom. The van der Waals surface area contributed by atoms with E-state index < -0.39 is 16.2 Å². The third-order valence-electron chi connectivity index (χ3n) is 4.06. The average molecular weight is 354 g/mol. The molecule has 1 aromatic heterocycles. The van der Waals surface area contributed by atoms with E-state index in [9.17, 15) is 13.2 Å². The van der Waals surface area contributed by atoms with Crippen LogP contribution in [0.25, 0.3) is 0 Å². The van der Waals surface area contributed by atoms with E-state index >= 15 is 0 Å². The summed E-state index contributed by atoms with van der Waals surface area (Å²) in [6.45, 7) is 1.29. The van der Waals surface area contributed by atoms with Crippen LogP contribution in [0, 0.1) is 0 Å². The van der Waals surface area contributed by atoms with E-state index in [1.54, 1.807) is 0 Å². The largest absolute Gasteiger partial charge is 0.454 e. The first kappa shape index (κ1) is 16.6. The summed E-state index contributed by atoms with van der Waals surface area (Å²) in [6, 6.07) is 0. The quantitative estimate of drug-likeness (QED) is 0.748. The van der Waals surface area contributed by atoms with Crippen LogP contribution in [0.5, 0.6) is 0 Å². The number of esters is 1. The van der Waals surface area contributed by atoms with Gasteiger partial charge in [-0.1, -0.05) is 18.0 Å². The number of rotatable bonds is 4. The van der Waals surface area contributed by atoms with Gasteiger partial charge in [-0.15, -0.1) is 4.40 Å². The van der Waals surface area contributed by atoms with Crippen LogP contribution in [0.4, 0.5) is 0 Å². The Morgan fingerprint density at radius 2 is 2.12 bits per heavy atom. The summed E-state index contributed by atoms with van der Waals surface area (Å²) in [6.07, 6.45) is 5.55. The van der Waals surface area contributed by atoms with Crippen molar-refractivity contribution < 1.29 is 22.5 Å². The molecule has 0 spiro atoms. The summed E-state index contributed by atoms with van der Waals surface area (Å²) in [4.78, 5) is 16.4. The van der Waals surface area contributed by atoms with Crippen molar-refractivity contribution in [3.05, 3.63) is 23.5 Å². The molecule has 2 heterocycles. The van der Waals surface area contributed by atoms with Gasteiger partial charge < -0.3 is 9.26 Å². The number of aromatic nitrogens is 2. The van der Waals surface area contributed by atoms with Gasteiger partial charge in [0.15, 0.2) is 6.61 Å². The second-order valence-corrected chi connectivity index (χ2v) is 7.47. The minimum absolute atomic E-state index is 0.0758. The van der Waals surface area contributed by atoms with Gasteiger partial charge in [-0.25, -0.2) is 4.79 Å². The molecular weight excluding hydrogens is 336 g/mol. The Labute approximate surface area is 139 Å². The van der Waals surface area contributed by atoms with Crippen LogP contribution in [0.3, 0.4) is 0 Å². The second-order valence-electron chi connectivity index (χ2n) is 5.82. The van der Waals surface area contributed by atoms with E-state index in [1.807, 2.05) is 0 Å². The summed E-state index contributed by atoms with van der Waals surface area (Å²) in [5, 5.41) is 3.82. The van der Waals surface area contributed by atoms with Gasteiger partial charge in [0, 0.05) is 19.2 Å². The lowest BCUT2D eigenvalue weighted by molar-refractivity contribution is -0.140. The number of carbonyl (C=O) groups excluding carboxylic acids is 1. The van der Waals surface area contributed by atoms with E-state index in [1.165, 1.54) is 20.2 Å². The molecule has 1 aliphatic heterocycles. The maximum absolute atomic E-state index is 12.1. The van der Waals surface area contributed by atoms with Crippen molar-refractivity contribution in [2.75, 3.05) is 7.05 Å². The lowest BCUT2D eigenvalue weighted by atomic mass is 10.1. The van der Waals surface area contributed by atoms with E-state index in [2.05, 4.69) is 14.5 Å². The van der Waals surface area contributed by atoms with Crippen LogP contribution in [0.15, 0.2) is 20.7 Å². The molecule has 0 radical (unpaired) electrons. The number of hydrogen-bond donors (Lipinski definition) is 0. The monoisotopic (exact) mass is 354 g/mol. The molecule has 9 nitrogen and oxygen atoms in total. The molecule has 0 bridgehead atoms. The van der Waals surface area contributed by atoms with Gasteiger partial charge in [-0.05, 0) is 19.8 Å². The Kier molecular flexibility index (Phi) is 4.39. The van der Waals surface area contributed by atoms with Crippen LogP contribution < -0.4 is 0 Å². The highest BCUT2D eigenvalue weighted by molar-refractivity contribution is 7.88. The number of carbonyl (C=O) groups is 1. The predicted molar refractivity (Wildman–Crippen MR) is 83.2 cm³/mol. The number of hydrogen-bond acceptors (Lipinski definition) is 7. The van der Waals surface area contributed by atoms with Crippen LogP contribution in [-0.4, -0.2) is 41.6 Å². The molecule has 1 aromatic rings. The third-order valence-corrected chi connectivity index (χ3v) is 5.40.